The average molecular weight is 344 g/mol. The molecule has 1 atom stereocenters. The SMILES string of the molecule is Cc1ncsc1CN1CC2(C1)OCC[C@H]2CCNc1ccccn1. The number of rotatable bonds is 6. The van der Waals surface area contributed by atoms with Gasteiger partial charge in [-0.25, -0.2) is 9.97 Å². The first-order valence-electron chi connectivity index (χ1n) is 8.65. The average Bonchev–Trinajstić information content (AvgIpc) is 3.15. The number of pyridine rings is 1. The molecular formula is C18H24N4OS. The molecule has 0 bridgehead atoms. The summed E-state index contributed by atoms with van der Waals surface area (Å²) in [7, 11) is 0. The molecule has 2 aliphatic heterocycles. The number of aryl methyl sites for hydroxylation is 1. The van der Waals surface area contributed by atoms with Crippen molar-refractivity contribution in [2.75, 3.05) is 31.6 Å². The Labute approximate surface area is 147 Å². The van der Waals surface area contributed by atoms with E-state index in [0.717, 1.165) is 45.0 Å². The number of hydrogen-bond acceptors (Lipinski definition) is 6. The van der Waals surface area contributed by atoms with Crippen molar-refractivity contribution in [3.8, 4) is 0 Å². The largest absolute Gasteiger partial charge is 0.372 e. The molecule has 24 heavy (non-hydrogen) atoms. The molecule has 4 rings (SSSR count). The molecular weight excluding hydrogens is 320 g/mol. The molecule has 0 unspecified atom stereocenters. The van der Waals surface area contributed by atoms with E-state index in [9.17, 15) is 0 Å². The predicted octanol–water partition coefficient (Wildman–Crippen LogP) is 2.94. The fraction of sp³-hybridized carbons (Fsp3) is 0.556. The number of hydrogen-bond donors (Lipinski definition) is 1. The van der Waals surface area contributed by atoms with Gasteiger partial charge >= 0.3 is 0 Å². The highest BCUT2D eigenvalue weighted by Gasteiger charge is 2.52. The maximum atomic E-state index is 6.17. The summed E-state index contributed by atoms with van der Waals surface area (Å²) < 4.78 is 6.17. The topological polar surface area (TPSA) is 50.3 Å². The minimum Gasteiger partial charge on any atom is -0.372 e. The van der Waals surface area contributed by atoms with Crippen molar-refractivity contribution in [1.29, 1.82) is 0 Å². The van der Waals surface area contributed by atoms with Crippen molar-refractivity contribution in [2.45, 2.75) is 31.9 Å². The molecule has 4 heterocycles. The van der Waals surface area contributed by atoms with E-state index in [1.807, 2.05) is 29.9 Å². The molecule has 0 radical (unpaired) electrons. The van der Waals surface area contributed by atoms with E-state index in [1.54, 1.807) is 11.3 Å². The quantitative estimate of drug-likeness (QED) is 0.873. The third kappa shape index (κ3) is 3.18. The van der Waals surface area contributed by atoms with Crippen LogP contribution in [0.1, 0.15) is 23.4 Å². The number of anilines is 1. The van der Waals surface area contributed by atoms with E-state index >= 15 is 0 Å². The molecule has 1 spiro atoms. The third-order valence-electron chi connectivity index (χ3n) is 5.26. The highest BCUT2D eigenvalue weighted by Crippen LogP contribution is 2.42. The van der Waals surface area contributed by atoms with Crippen LogP contribution in [0.3, 0.4) is 0 Å². The number of ether oxygens (including phenoxy) is 1. The summed E-state index contributed by atoms with van der Waals surface area (Å²) in [4.78, 5) is 12.5. The Morgan fingerprint density at radius 3 is 3.04 bits per heavy atom. The smallest absolute Gasteiger partial charge is 0.125 e. The second-order valence-corrected chi connectivity index (χ2v) is 7.77. The van der Waals surface area contributed by atoms with Crippen LogP contribution in [0.2, 0.25) is 0 Å². The van der Waals surface area contributed by atoms with E-state index in [1.165, 1.54) is 17.0 Å². The second kappa shape index (κ2) is 6.78. The molecule has 2 aromatic heterocycles. The highest BCUT2D eigenvalue weighted by molar-refractivity contribution is 7.09. The minimum absolute atomic E-state index is 0.0877. The Morgan fingerprint density at radius 1 is 1.38 bits per heavy atom. The van der Waals surface area contributed by atoms with Gasteiger partial charge in [-0.3, -0.25) is 4.90 Å². The van der Waals surface area contributed by atoms with Crippen molar-refractivity contribution in [2.24, 2.45) is 5.92 Å². The minimum atomic E-state index is 0.0877. The zero-order valence-corrected chi connectivity index (χ0v) is 14.9. The van der Waals surface area contributed by atoms with Crippen LogP contribution in [-0.4, -0.2) is 46.7 Å². The van der Waals surface area contributed by atoms with Gasteiger partial charge in [0.1, 0.15) is 5.82 Å². The van der Waals surface area contributed by atoms with E-state index in [2.05, 4.69) is 27.1 Å². The van der Waals surface area contributed by atoms with E-state index < -0.39 is 0 Å². The number of likely N-dealkylation sites (tertiary alicyclic amines) is 1. The van der Waals surface area contributed by atoms with Crippen LogP contribution in [0.4, 0.5) is 5.82 Å². The van der Waals surface area contributed by atoms with Crippen LogP contribution in [0.15, 0.2) is 29.9 Å². The molecule has 2 fully saturated rings. The molecule has 1 N–H and O–H groups in total. The van der Waals surface area contributed by atoms with Crippen molar-refractivity contribution >= 4 is 17.2 Å². The molecule has 0 aromatic carbocycles. The van der Waals surface area contributed by atoms with Gasteiger partial charge in [-0.05, 0) is 37.8 Å². The standard InChI is InChI=1S/C18H24N4OS/c1-14-16(24-13-21-14)10-22-11-18(12-22)15(6-9-23-18)5-8-20-17-4-2-3-7-19-17/h2-4,7,13,15H,5-6,8-12H2,1H3,(H,19,20)/t15-/m1/s1. The molecule has 2 aromatic rings. The fourth-order valence-corrected chi connectivity index (χ4v) is 4.71. The summed E-state index contributed by atoms with van der Waals surface area (Å²) in [6.45, 7) is 7.08. The molecule has 2 saturated heterocycles. The van der Waals surface area contributed by atoms with E-state index in [-0.39, 0.29) is 5.60 Å². The van der Waals surface area contributed by atoms with Crippen LogP contribution in [0.25, 0.3) is 0 Å². The van der Waals surface area contributed by atoms with Gasteiger partial charge in [0, 0.05) is 43.9 Å². The van der Waals surface area contributed by atoms with Gasteiger partial charge < -0.3 is 10.1 Å². The number of aromatic nitrogens is 2. The number of nitrogens with one attached hydrogen (secondary N) is 1. The predicted molar refractivity (Wildman–Crippen MR) is 96.3 cm³/mol. The zero-order valence-electron chi connectivity index (χ0n) is 14.1. The van der Waals surface area contributed by atoms with Gasteiger partial charge in [-0.1, -0.05) is 6.07 Å². The molecule has 2 aliphatic rings. The van der Waals surface area contributed by atoms with Crippen LogP contribution in [-0.2, 0) is 11.3 Å². The Hall–Kier alpha value is -1.50. The molecule has 6 heteroatoms. The van der Waals surface area contributed by atoms with Crippen molar-refractivity contribution in [1.82, 2.24) is 14.9 Å². The number of thiazole rings is 1. The lowest BCUT2D eigenvalue weighted by Crippen LogP contribution is -2.64. The normalized spacial score (nSPS) is 22.6. The van der Waals surface area contributed by atoms with Crippen LogP contribution < -0.4 is 5.32 Å². The second-order valence-electron chi connectivity index (χ2n) is 6.84. The van der Waals surface area contributed by atoms with Gasteiger partial charge in [-0.2, -0.15) is 0 Å². The lowest BCUT2D eigenvalue weighted by molar-refractivity contribution is -0.136. The first-order chi connectivity index (χ1) is 11.8. The lowest BCUT2D eigenvalue weighted by atomic mass is 9.79. The van der Waals surface area contributed by atoms with Crippen molar-refractivity contribution in [3.63, 3.8) is 0 Å². The van der Waals surface area contributed by atoms with Crippen LogP contribution in [0.5, 0.6) is 0 Å². The first kappa shape index (κ1) is 16.0. The van der Waals surface area contributed by atoms with E-state index in [4.69, 9.17) is 4.74 Å². The molecule has 5 nitrogen and oxygen atoms in total. The summed E-state index contributed by atoms with van der Waals surface area (Å²) >= 11 is 1.76. The first-order valence-corrected chi connectivity index (χ1v) is 9.53. The molecule has 0 aliphatic carbocycles. The molecule has 0 saturated carbocycles. The summed E-state index contributed by atoms with van der Waals surface area (Å²) in [6.07, 6.45) is 4.15. The van der Waals surface area contributed by atoms with Gasteiger partial charge in [0.25, 0.3) is 0 Å². The van der Waals surface area contributed by atoms with Gasteiger partial charge in [0.05, 0.1) is 16.8 Å². The number of nitrogens with zero attached hydrogens (tertiary/aromatic N) is 3. The van der Waals surface area contributed by atoms with Gasteiger partial charge in [0.2, 0.25) is 0 Å². The van der Waals surface area contributed by atoms with Crippen LogP contribution >= 0.6 is 11.3 Å². The van der Waals surface area contributed by atoms with Gasteiger partial charge in [-0.15, -0.1) is 11.3 Å². The van der Waals surface area contributed by atoms with Crippen LogP contribution in [0, 0.1) is 12.8 Å². The Kier molecular flexibility index (Phi) is 4.52. The third-order valence-corrected chi connectivity index (χ3v) is 6.18. The maximum absolute atomic E-state index is 6.17. The molecule has 128 valence electrons. The lowest BCUT2D eigenvalue weighted by Gasteiger charge is -2.50. The monoisotopic (exact) mass is 344 g/mol. The van der Waals surface area contributed by atoms with Gasteiger partial charge in [0.15, 0.2) is 0 Å². The Bertz CT molecular complexity index is 669. The fourth-order valence-electron chi connectivity index (χ4n) is 3.89. The van der Waals surface area contributed by atoms with Crippen molar-refractivity contribution < 1.29 is 4.74 Å². The summed E-state index contributed by atoms with van der Waals surface area (Å²) in [5.74, 6) is 1.61. The van der Waals surface area contributed by atoms with Crippen molar-refractivity contribution in [3.05, 3.63) is 40.5 Å². The Balaban J connectivity index is 1.27. The molecule has 0 amide bonds. The summed E-state index contributed by atoms with van der Waals surface area (Å²) in [5, 5.41) is 3.43. The zero-order chi connectivity index (χ0) is 16.4. The highest BCUT2D eigenvalue weighted by atomic mass is 32.1. The van der Waals surface area contributed by atoms with E-state index in [0.29, 0.717) is 5.92 Å². The summed E-state index contributed by atoms with van der Waals surface area (Å²) in [6, 6.07) is 5.98. The Morgan fingerprint density at radius 2 is 2.29 bits per heavy atom. The summed E-state index contributed by atoms with van der Waals surface area (Å²) in [5.41, 5.74) is 3.20. The maximum Gasteiger partial charge on any atom is 0.125 e.